The van der Waals surface area contributed by atoms with E-state index in [1.165, 1.54) is 0 Å². The molecule has 1 aromatic carbocycles. The van der Waals surface area contributed by atoms with Crippen LogP contribution in [-0.2, 0) is 11.3 Å². The van der Waals surface area contributed by atoms with Gasteiger partial charge >= 0.3 is 0 Å². The van der Waals surface area contributed by atoms with Crippen molar-refractivity contribution in [2.75, 3.05) is 18.5 Å². The number of nitrogens with zero attached hydrogens (tertiary/aromatic N) is 2. The van der Waals surface area contributed by atoms with Crippen molar-refractivity contribution in [3.63, 3.8) is 0 Å². The first-order valence-electron chi connectivity index (χ1n) is 8.18. The minimum Gasteiger partial charge on any atom is -0.351 e. The van der Waals surface area contributed by atoms with Gasteiger partial charge in [0, 0.05) is 43.8 Å². The minimum atomic E-state index is -0.177. The largest absolute Gasteiger partial charge is 0.351 e. The molecule has 1 unspecified atom stereocenters. The second-order valence-electron chi connectivity index (χ2n) is 5.90. The number of carbonyl (C=O) groups is 2. The van der Waals surface area contributed by atoms with Crippen LogP contribution in [0.4, 0.5) is 5.69 Å². The van der Waals surface area contributed by atoms with E-state index in [2.05, 4.69) is 21.2 Å². The zero-order valence-electron chi connectivity index (χ0n) is 14.0. The molecule has 2 aromatic rings. The Hall–Kier alpha value is -2.77. The summed E-state index contributed by atoms with van der Waals surface area (Å²) >= 11 is 0. The van der Waals surface area contributed by atoms with E-state index in [1.54, 1.807) is 36.5 Å². The quantitative estimate of drug-likeness (QED) is 0.752. The van der Waals surface area contributed by atoms with Gasteiger partial charge in [-0.3, -0.25) is 20.0 Å². The standard InChI is InChI=1S/C18H21N5O2/c1-23(18(25)14-6-9-19-10-7-14)15-4-2-13(3-5-15)12-20-17(24)16-8-11-21-22-16/h2-7,9-10,16,21-22H,8,11-12H2,1H3,(H,20,24). The Bertz CT molecular complexity index is 727. The zero-order chi connectivity index (χ0) is 17.6. The van der Waals surface area contributed by atoms with Crippen LogP contribution < -0.4 is 21.1 Å². The lowest BCUT2D eigenvalue weighted by Gasteiger charge is -2.18. The van der Waals surface area contributed by atoms with Gasteiger partial charge in [0.1, 0.15) is 6.04 Å². The van der Waals surface area contributed by atoms with E-state index in [0.29, 0.717) is 12.1 Å². The van der Waals surface area contributed by atoms with Gasteiger partial charge in [0.25, 0.3) is 5.91 Å². The van der Waals surface area contributed by atoms with Gasteiger partial charge in [0.05, 0.1) is 0 Å². The maximum absolute atomic E-state index is 12.4. The molecule has 1 fully saturated rings. The molecule has 25 heavy (non-hydrogen) atoms. The number of hydrogen-bond acceptors (Lipinski definition) is 5. The molecule has 0 saturated carbocycles. The fraction of sp³-hybridized carbons (Fsp3) is 0.278. The summed E-state index contributed by atoms with van der Waals surface area (Å²) in [4.78, 5) is 29.9. The van der Waals surface area contributed by atoms with Gasteiger partial charge < -0.3 is 10.2 Å². The van der Waals surface area contributed by atoms with E-state index in [9.17, 15) is 9.59 Å². The number of carbonyl (C=O) groups excluding carboxylic acids is 2. The highest BCUT2D eigenvalue weighted by Crippen LogP contribution is 2.16. The summed E-state index contributed by atoms with van der Waals surface area (Å²) in [6.45, 7) is 1.25. The summed E-state index contributed by atoms with van der Waals surface area (Å²) in [5.41, 5.74) is 8.24. The van der Waals surface area contributed by atoms with Crippen LogP contribution in [0.2, 0.25) is 0 Å². The number of nitrogens with one attached hydrogen (secondary N) is 3. The molecule has 3 rings (SSSR count). The van der Waals surface area contributed by atoms with Crippen molar-refractivity contribution < 1.29 is 9.59 Å². The van der Waals surface area contributed by atoms with E-state index < -0.39 is 0 Å². The molecule has 0 bridgehead atoms. The van der Waals surface area contributed by atoms with E-state index in [4.69, 9.17) is 0 Å². The summed E-state index contributed by atoms with van der Waals surface area (Å²) in [6, 6.07) is 10.8. The van der Waals surface area contributed by atoms with Gasteiger partial charge in [-0.1, -0.05) is 12.1 Å². The number of pyridine rings is 1. The number of anilines is 1. The van der Waals surface area contributed by atoms with Crippen molar-refractivity contribution in [2.24, 2.45) is 0 Å². The minimum absolute atomic E-state index is 0.0148. The Kier molecular flexibility index (Phi) is 5.37. The van der Waals surface area contributed by atoms with Gasteiger partial charge in [-0.05, 0) is 36.2 Å². The molecule has 1 aliphatic heterocycles. The molecule has 1 atom stereocenters. The van der Waals surface area contributed by atoms with E-state index in [1.807, 2.05) is 24.3 Å². The topological polar surface area (TPSA) is 86.4 Å². The predicted molar refractivity (Wildman–Crippen MR) is 94.8 cm³/mol. The van der Waals surface area contributed by atoms with Gasteiger partial charge in [-0.2, -0.15) is 0 Å². The number of amides is 2. The van der Waals surface area contributed by atoms with Gasteiger partial charge in [0.2, 0.25) is 5.91 Å². The Balaban J connectivity index is 1.58. The second-order valence-corrected chi connectivity index (χ2v) is 5.90. The molecular formula is C18H21N5O2. The predicted octanol–water partition coefficient (Wildman–Crippen LogP) is 0.841. The van der Waals surface area contributed by atoms with Gasteiger partial charge in [0.15, 0.2) is 0 Å². The second kappa shape index (κ2) is 7.87. The molecule has 2 amide bonds. The average molecular weight is 339 g/mol. The SMILES string of the molecule is CN(C(=O)c1ccncc1)c1ccc(CNC(=O)C2CCNN2)cc1. The lowest BCUT2D eigenvalue weighted by Crippen LogP contribution is -2.42. The van der Waals surface area contributed by atoms with Gasteiger partial charge in [-0.15, -0.1) is 0 Å². The number of rotatable bonds is 5. The maximum atomic E-state index is 12.4. The van der Waals surface area contributed by atoms with Crippen LogP contribution in [0.25, 0.3) is 0 Å². The Morgan fingerprint density at radius 1 is 1.20 bits per heavy atom. The maximum Gasteiger partial charge on any atom is 0.258 e. The van der Waals surface area contributed by atoms with Crippen LogP contribution in [-0.4, -0.2) is 36.4 Å². The first-order chi connectivity index (χ1) is 12.1. The number of hydrazine groups is 1. The highest BCUT2D eigenvalue weighted by molar-refractivity contribution is 6.05. The number of aromatic nitrogens is 1. The first-order valence-corrected chi connectivity index (χ1v) is 8.18. The average Bonchev–Trinajstić information content (AvgIpc) is 3.21. The van der Waals surface area contributed by atoms with Crippen molar-refractivity contribution >= 4 is 17.5 Å². The molecule has 3 N–H and O–H groups in total. The Morgan fingerprint density at radius 2 is 1.92 bits per heavy atom. The summed E-state index contributed by atoms with van der Waals surface area (Å²) in [7, 11) is 1.73. The van der Waals surface area contributed by atoms with Crippen molar-refractivity contribution in [1.82, 2.24) is 21.2 Å². The van der Waals surface area contributed by atoms with Crippen molar-refractivity contribution in [2.45, 2.75) is 19.0 Å². The van der Waals surface area contributed by atoms with Crippen molar-refractivity contribution in [3.8, 4) is 0 Å². The lowest BCUT2D eigenvalue weighted by atomic mass is 10.1. The van der Waals surface area contributed by atoms with Crippen LogP contribution >= 0.6 is 0 Å². The van der Waals surface area contributed by atoms with E-state index in [-0.39, 0.29) is 17.9 Å². The number of hydrogen-bond donors (Lipinski definition) is 3. The molecule has 2 heterocycles. The van der Waals surface area contributed by atoms with Crippen LogP contribution in [0, 0.1) is 0 Å². The third kappa shape index (κ3) is 4.20. The fourth-order valence-corrected chi connectivity index (χ4v) is 2.64. The molecule has 7 nitrogen and oxygen atoms in total. The highest BCUT2D eigenvalue weighted by atomic mass is 16.2. The Labute approximate surface area is 146 Å². The summed E-state index contributed by atoms with van der Waals surface area (Å²) in [5, 5.41) is 2.91. The third-order valence-corrected chi connectivity index (χ3v) is 4.17. The molecule has 0 aliphatic carbocycles. The van der Waals surface area contributed by atoms with E-state index >= 15 is 0 Å². The van der Waals surface area contributed by atoms with Gasteiger partial charge in [-0.25, -0.2) is 5.43 Å². The summed E-state index contributed by atoms with van der Waals surface area (Å²) in [5.74, 6) is -0.109. The van der Waals surface area contributed by atoms with Crippen molar-refractivity contribution in [3.05, 3.63) is 59.9 Å². The molecule has 7 heteroatoms. The molecule has 0 radical (unpaired) electrons. The van der Waals surface area contributed by atoms with Crippen LogP contribution in [0.5, 0.6) is 0 Å². The molecule has 1 aliphatic rings. The smallest absolute Gasteiger partial charge is 0.258 e. The fourth-order valence-electron chi connectivity index (χ4n) is 2.64. The third-order valence-electron chi connectivity index (χ3n) is 4.17. The first kappa shape index (κ1) is 17.1. The summed E-state index contributed by atoms with van der Waals surface area (Å²) < 4.78 is 0. The zero-order valence-corrected chi connectivity index (χ0v) is 14.0. The lowest BCUT2D eigenvalue weighted by molar-refractivity contribution is -0.123. The molecule has 1 saturated heterocycles. The van der Waals surface area contributed by atoms with Crippen LogP contribution in [0.3, 0.4) is 0 Å². The van der Waals surface area contributed by atoms with Crippen molar-refractivity contribution in [1.29, 1.82) is 0 Å². The molecular weight excluding hydrogens is 318 g/mol. The monoisotopic (exact) mass is 339 g/mol. The van der Waals surface area contributed by atoms with E-state index in [0.717, 1.165) is 24.2 Å². The van der Waals surface area contributed by atoms with Crippen LogP contribution in [0.1, 0.15) is 22.3 Å². The normalized spacial score (nSPS) is 16.4. The highest BCUT2D eigenvalue weighted by Gasteiger charge is 2.21. The summed E-state index contributed by atoms with van der Waals surface area (Å²) in [6.07, 6.45) is 3.98. The molecule has 1 aromatic heterocycles. The Morgan fingerprint density at radius 3 is 2.56 bits per heavy atom. The molecule has 0 spiro atoms. The number of benzene rings is 1. The molecule has 130 valence electrons. The van der Waals surface area contributed by atoms with Crippen LogP contribution in [0.15, 0.2) is 48.8 Å².